The van der Waals surface area contributed by atoms with Gasteiger partial charge in [0.2, 0.25) is 0 Å². The van der Waals surface area contributed by atoms with Crippen molar-refractivity contribution in [2.45, 2.75) is 20.0 Å². The minimum Gasteiger partial charge on any atom is -0.497 e. The van der Waals surface area contributed by atoms with Crippen molar-refractivity contribution in [1.29, 1.82) is 0 Å². The highest BCUT2D eigenvalue weighted by Crippen LogP contribution is 2.30. The number of nitrogens with one attached hydrogen (secondary N) is 1. The lowest BCUT2D eigenvalue weighted by molar-refractivity contribution is 0.102. The third-order valence-electron chi connectivity index (χ3n) is 2.58. The van der Waals surface area contributed by atoms with E-state index in [4.69, 9.17) is 13.9 Å². The molecule has 1 aromatic heterocycles. The van der Waals surface area contributed by atoms with Gasteiger partial charge >= 0.3 is 0 Å². The summed E-state index contributed by atoms with van der Waals surface area (Å²) < 4.78 is 15.7. The average Bonchev–Trinajstić information content (AvgIpc) is 2.94. The fraction of sp³-hybridized carbons (Fsp3) is 0.267. The van der Waals surface area contributed by atoms with Gasteiger partial charge in [-0.15, -0.1) is 0 Å². The second kappa shape index (κ2) is 6.14. The Kier molecular flexibility index (Phi) is 4.30. The summed E-state index contributed by atoms with van der Waals surface area (Å²) in [4.78, 5) is 12.0. The number of hydrogen-bond acceptors (Lipinski definition) is 4. The Morgan fingerprint density at radius 1 is 1.30 bits per heavy atom. The number of benzene rings is 1. The number of carbonyl (C=O) groups is 1. The fourth-order valence-corrected chi connectivity index (χ4v) is 1.68. The Morgan fingerprint density at radius 3 is 2.70 bits per heavy atom. The van der Waals surface area contributed by atoms with E-state index in [1.165, 1.54) is 12.5 Å². The predicted octanol–water partition coefficient (Wildman–Crippen LogP) is 3.33. The van der Waals surface area contributed by atoms with Gasteiger partial charge < -0.3 is 19.2 Å². The maximum absolute atomic E-state index is 12.0. The van der Waals surface area contributed by atoms with Crippen molar-refractivity contribution in [2.24, 2.45) is 0 Å². The van der Waals surface area contributed by atoms with Crippen LogP contribution in [0.3, 0.4) is 0 Å². The molecule has 0 spiro atoms. The highest BCUT2D eigenvalue weighted by Gasteiger charge is 2.13. The lowest BCUT2D eigenvalue weighted by atomic mass is 10.2. The number of anilines is 1. The summed E-state index contributed by atoms with van der Waals surface area (Å²) in [7, 11) is 1.57. The first-order valence-electron chi connectivity index (χ1n) is 6.28. The molecule has 5 heteroatoms. The van der Waals surface area contributed by atoms with Gasteiger partial charge in [0.15, 0.2) is 0 Å². The minimum absolute atomic E-state index is 0.00738. The zero-order chi connectivity index (χ0) is 14.5. The molecule has 0 atom stereocenters. The third kappa shape index (κ3) is 3.32. The van der Waals surface area contributed by atoms with Gasteiger partial charge in [0.1, 0.15) is 17.8 Å². The van der Waals surface area contributed by atoms with Crippen LogP contribution in [0.15, 0.2) is 41.2 Å². The highest BCUT2D eigenvalue weighted by atomic mass is 16.5. The number of hydrogen-bond donors (Lipinski definition) is 1. The molecule has 1 N–H and O–H groups in total. The smallest absolute Gasteiger partial charge is 0.259 e. The van der Waals surface area contributed by atoms with Gasteiger partial charge in [-0.05, 0) is 32.0 Å². The monoisotopic (exact) mass is 275 g/mol. The van der Waals surface area contributed by atoms with E-state index in [0.717, 1.165) is 0 Å². The van der Waals surface area contributed by atoms with E-state index >= 15 is 0 Å². The van der Waals surface area contributed by atoms with Crippen molar-refractivity contribution < 1.29 is 18.7 Å². The summed E-state index contributed by atoms with van der Waals surface area (Å²) in [5.41, 5.74) is 1.01. The van der Waals surface area contributed by atoms with Gasteiger partial charge in [-0.25, -0.2) is 0 Å². The van der Waals surface area contributed by atoms with Gasteiger partial charge in [0, 0.05) is 6.07 Å². The summed E-state index contributed by atoms with van der Waals surface area (Å²) in [6, 6.07) is 6.86. The second-order valence-electron chi connectivity index (χ2n) is 4.49. The Morgan fingerprint density at radius 2 is 2.10 bits per heavy atom. The van der Waals surface area contributed by atoms with E-state index in [0.29, 0.717) is 22.7 Å². The van der Waals surface area contributed by atoms with E-state index < -0.39 is 0 Å². The summed E-state index contributed by atoms with van der Waals surface area (Å²) in [6.07, 6.45) is 2.85. The third-order valence-corrected chi connectivity index (χ3v) is 2.58. The lowest BCUT2D eigenvalue weighted by Gasteiger charge is -2.15. The standard InChI is InChI=1S/C15H17NO4/c1-10(2)20-14-5-4-12(18-3)8-13(14)16-15(17)11-6-7-19-9-11/h4-10H,1-3H3,(H,16,17). The van der Waals surface area contributed by atoms with Gasteiger partial charge in [-0.2, -0.15) is 0 Å². The van der Waals surface area contributed by atoms with Crippen molar-refractivity contribution in [3.8, 4) is 11.5 Å². The maximum atomic E-state index is 12.0. The SMILES string of the molecule is COc1ccc(OC(C)C)c(NC(=O)c2ccoc2)c1. The van der Waals surface area contributed by atoms with Crippen LogP contribution < -0.4 is 14.8 Å². The van der Waals surface area contributed by atoms with Gasteiger partial charge in [0.25, 0.3) is 5.91 Å². The van der Waals surface area contributed by atoms with Crippen LogP contribution in [0, 0.1) is 0 Å². The molecule has 2 aromatic rings. The zero-order valence-corrected chi connectivity index (χ0v) is 11.7. The molecule has 0 aliphatic rings. The Bertz CT molecular complexity index is 576. The van der Waals surface area contributed by atoms with E-state index in [1.807, 2.05) is 13.8 Å². The van der Waals surface area contributed by atoms with E-state index in [9.17, 15) is 4.79 Å². The molecular weight excluding hydrogens is 258 g/mol. The first-order chi connectivity index (χ1) is 9.60. The Labute approximate surface area is 117 Å². The largest absolute Gasteiger partial charge is 0.497 e. The summed E-state index contributed by atoms with van der Waals surface area (Å²) in [5.74, 6) is 0.974. The van der Waals surface area contributed by atoms with Crippen molar-refractivity contribution in [2.75, 3.05) is 12.4 Å². The second-order valence-corrected chi connectivity index (χ2v) is 4.49. The normalized spacial score (nSPS) is 10.4. The molecule has 0 aliphatic heterocycles. The van der Waals surface area contributed by atoms with E-state index in [-0.39, 0.29) is 12.0 Å². The van der Waals surface area contributed by atoms with Crippen LogP contribution in [0.5, 0.6) is 11.5 Å². The van der Waals surface area contributed by atoms with Crippen LogP contribution in [0.25, 0.3) is 0 Å². The zero-order valence-electron chi connectivity index (χ0n) is 11.7. The van der Waals surface area contributed by atoms with Crippen molar-refractivity contribution in [3.63, 3.8) is 0 Å². The van der Waals surface area contributed by atoms with Crippen molar-refractivity contribution in [1.82, 2.24) is 0 Å². The quantitative estimate of drug-likeness (QED) is 0.909. The molecule has 2 rings (SSSR count). The molecule has 0 saturated heterocycles. The molecule has 0 aliphatic carbocycles. The van der Waals surface area contributed by atoms with Gasteiger partial charge in [-0.3, -0.25) is 4.79 Å². The van der Waals surface area contributed by atoms with E-state index in [1.54, 1.807) is 31.4 Å². The molecule has 0 saturated carbocycles. The van der Waals surface area contributed by atoms with Crippen LogP contribution in [-0.4, -0.2) is 19.1 Å². The van der Waals surface area contributed by atoms with Crippen LogP contribution in [-0.2, 0) is 0 Å². The summed E-state index contributed by atoms with van der Waals surface area (Å²) in [5, 5.41) is 2.79. The van der Waals surface area contributed by atoms with Crippen molar-refractivity contribution >= 4 is 11.6 Å². The Hall–Kier alpha value is -2.43. The molecule has 0 bridgehead atoms. The molecule has 0 unspecified atom stereocenters. The van der Waals surface area contributed by atoms with Gasteiger partial charge in [-0.1, -0.05) is 0 Å². The van der Waals surface area contributed by atoms with E-state index in [2.05, 4.69) is 5.32 Å². The molecule has 0 fully saturated rings. The molecular formula is C15H17NO4. The number of amides is 1. The number of rotatable bonds is 5. The molecule has 20 heavy (non-hydrogen) atoms. The topological polar surface area (TPSA) is 60.7 Å². The molecule has 5 nitrogen and oxygen atoms in total. The van der Waals surface area contributed by atoms with Crippen LogP contribution in [0.1, 0.15) is 24.2 Å². The average molecular weight is 275 g/mol. The predicted molar refractivity (Wildman–Crippen MR) is 75.4 cm³/mol. The van der Waals surface area contributed by atoms with Crippen LogP contribution in [0.2, 0.25) is 0 Å². The maximum Gasteiger partial charge on any atom is 0.259 e. The van der Waals surface area contributed by atoms with Crippen molar-refractivity contribution in [3.05, 3.63) is 42.4 Å². The molecule has 1 aromatic carbocycles. The Balaban J connectivity index is 2.25. The lowest BCUT2D eigenvalue weighted by Crippen LogP contribution is -2.14. The van der Waals surface area contributed by atoms with Crippen LogP contribution in [0.4, 0.5) is 5.69 Å². The highest BCUT2D eigenvalue weighted by molar-refractivity contribution is 6.04. The summed E-state index contributed by atoms with van der Waals surface area (Å²) in [6.45, 7) is 3.85. The molecule has 1 heterocycles. The first-order valence-corrected chi connectivity index (χ1v) is 6.28. The molecule has 0 radical (unpaired) electrons. The number of carbonyl (C=O) groups excluding carboxylic acids is 1. The summed E-state index contributed by atoms with van der Waals surface area (Å²) >= 11 is 0. The number of ether oxygens (including phenoxy) is 2. The molecule has 106 valence electrons. The fourth-order valence-electron chi connectivity index (χ4n) is 1.68. The first kappa shape index (κ1) is 14.0. The number of furan rings is 1. The number of methoxy groups -OCH3 is 1. The van der Waals surface area contributed by atoms with Crippen LogP contribution >= 0.6 is 0 Å². The minimum atomic E-state index is -0.263. The van der Waals surface area contributed by atoms with Gasteiger partial charge in [0.05, 0.1) is 30.7 Å². The molecule has 1 amide bonds.